The number of rotatable bonds is 7. The molecule has 6 heteroatoms. The lowest BCUT2D eigenvalue weighted by Crippen LogP contribution is -2.41. The van der Waals surface area contributed by atoms with Crippen molar-refractivity contribution in [3.63, 3.8) is 0 Å². The summed E-state index contributed by atoms with van der Waals surface area (Å²) < 4.78 is 10.0. The Balaban J connectivity index is 3.38. The number of aliphatic imine (C=N–C) groups is 1. The SMILES string of the molecule is CCNC(=NCCOCCOC)NN. The average molecular weight is 204 g/mol. The molecule has 6 nitrogen and oxygen atoms in total. The van der Waals surface area contributed by atoms with Gasteiger partial charge in [0.15, 0.2) is 0 Å². The summed E-state index contributed by atoms with van der Waals surface area (Å²) >= 11 is 0. The van der Waals surface area contributed by atoms with Crippen LogP contribution in [0.5, 0.6) is 0 Å². The summed E-state index contributed by atoms with van der Waals surface area (Å²) in [6, 6.07) is 0. The predicted octanol–water partition coefficient (Wildman–Crippen LogP) is -0.922. The Bertz CT molecular complexity index is 152. The van der Waals surface area contributed by atoms with Crippen LogP contribution in [0.4, 0.5) is 0 Å². The number of ether oxygens (including phenoxy) is 2. The molecule has 0 heterocycles. The summed E-state index contributed by atoms with van der Waals surface area (Å²) in [7, 11) is 1.64. The van der Waals surface area contributed by atoms with Gasteiger partial charge in [0.1, 0.15) is 0 Å². The zero-order valence-corrected chi connectivity index (χ0v) is 8.88. The van der Waals surface area contributed by atoms with E-state index in [0.717, 1.165) is 6.54 Å². The van der Waals surface area contributed by atoms with Crippen LogP contribution >= 0.6 is 0 Å². The highest BCUT2D eigenvalue weighted by molar-refractivity contribution is 5.78. The Morgan fingerprint density at radius 2 is 2.14 bits per heavy atom. The zero-order chi connectivity index (χ0) is 10.6. The van der Waals surface area contributed by atoms with Gasteiger partial charge in [0.05, 0.1) is 26.4 Å². The van der Waals surface area contributed by atoms with Crippen molar-refractivity contribution in [2.45, 2.75) is 6.92 Å². The Kier molecular flexibility index (Phi) is 9.61. The second-order valence-electron chi connectivity index (χ2n) is 2.51. The van der Waals surface area contributed by atoms with Gasteiger partial charge in [-0.25, -0.2) is 10.8 Å². The molecule has 0 aromatic rings. The smallest absolute Gasteiger partial charge is 0.205 e. The van der Waals surface area contributed by atoms with E-state index in [4.69, 9.17) is 15.3 Å². The number of nitrogens with one attached hydrogen (secondary N) is 2. The first-order chi connectivity index (χ1) is 6.85. The maximum absolute atomic E-state index is 5.22. The lowest BCUT2D eigenvalue weighted by Gasteiger charge is -2.06. The molecule has 0 aromatic heterocycles. The van der Waals surface area contributed by atoms with Crippen LogP contribution in [0.1, 0.15) is 6.92 Å². The zero-order valence-electron chi connectivity index (χ0n) is 8.88. The van der Waals surface area contributed by atoms with Crippen molar-refractivity contribution in [2.75, 3.05) is 40.0 Å². The topological polar surface area (TPSA) is 80.9 Å². The lowest BCUT2D eigenvalue weighted by atomic mass is 10.6. The van der Waals surface area contributed by atoms with Crippen molar-refractivity contribution in [2.24, 2.45) is 10.8 Å². The first kappa shape index (κ1) is 13.2. The van der Waals surface area contributed by atoms with Crippen molar-refractivity contribution < 1.29 is 9.47 Å². The summed E-state index contributed by atoms with van der Waals surface area (Å²) in [4.78, 5) is 4.13. The van der Waals surface area contributed by atoms with E-state index in [9.17, 15) is 0 Å². The van der Waals surface area contributed by atoms with Gasteiger partial charge < -0.3 is 14.8 Å². The van der Waals surface area contributed by atoms with E-state index in [1.807, 2.05) is 6.92 Å². The van der Waals surface area contributed by atoms with Crippen molar-refractivity contribution in [3.8, 4) is 0 Å². The number of nitrogens with two attached hydrogens (primary N) is 1. The Labute approximate surface area is 84.8 Å². The summed E-state index contributed by atoms with van der Waals surface area (Å²) in [5.74, 6) is 5.80. The van der Waals surface area contributed by atoms with Crippen LogP contribution in [-0.4, -0.2) is 46.0 Å². The van der Waals surface area contributed by atoms with Gasteiger partial charge in [-0.2, -0.15) is 0 Å². The monoisotopic (exact) mass is 204 g/mol. The number of nitrogens with zero attached hydrogens (tertiary/aromatic N) is 1. The average Bonchev–Trinajstić information content (AvgIpc) is 2.21. The summed E-state index contributed by atoms with van der Waals surface area (Å²) in [5.41, 5.74) is 2.46. The van der Waals surface area contributed by atoms with Crippen LogP contribution in [0.3, 0.4) is 0 Å². The fourth-order valence-corrected chi connectivity index (χ4v) is 0.786. The molecule has 14 heavy (non-hydrogen) atoms. The Hall–Kier alpha value is -0.850. The summed E-state index contributed by atoms with van der Waals surface area (Å²) in [5, 5.41) is 2.97. The maximum atomic E-state index is 5.22. The van der Waals surface area contributed by atoms with E-state index in [1.165, 1.54) is 0 Å². The predicted molar refractivity (Wildman–Crippen MR) is 56.0 cm³/mol. The molecule has 0 radical (unpaired) electrons. The summed E-state index contributed by atoms with van der Waals surface area (Å²) in [6.07, 6.45) is 0. The van der Waals surface area contributed by atoms with Gasteiger partial charge in [0.25, 0.3) is 0 Å². The Morgan fingerprint density at radius 3 is 2.71 bits per heavy atom. The summed E-state index contributed by atoms with van der Waals surface area (Å²) in [6.45, 7) is 5.11. The molecule has 0 aromatic carbocycles. The normalized spacial score (nSPS) is 11.5. The van der Waals surface area contributed by atoms with E-state index in [1.54, 1.807) is 7.11 Å². The molecule has 0 saturated heterocycles. The molecule has 0 amide bonds. The molecule has 0 atom stereocenters. The van der Waals surface area contributed by atoms with E-state index >= 15 is 0 Å². The van der Waals surface area contributed by atoms with Crippen LogP contribution in [-0.2, 0) is 9.47 Å². The molecular formula is C8H20N4O2. The van der Waals surface area contributed by atoms with Crippen molar-refractivity contribution >= 4 is 5.96 Å². The molecule has 0 aliphatic heterocycles. The van der Waals surface area contributed by atoms with Crippen LogP contribution < -0.4 is 16.6 Å². The van der Waals surface area contributed by atoms with Crippen LogP contribution in [0.15, 0.2) is 4.99 Å². The molecule has 4 N–H and O–H groups in total. The standard InChI is InChI=1S/C8H20N4O2/c1-3-10-8(12-9)11-4-5-14-7-6-13-2/h3-7,9H2,1-2H3,(H2,10,11,12). The molecule has 0 aliphatic rings. The van der Waals surface area contributed by atoms with Crippen LogP contribution in [0, 0.1) is 0 Å². The molecule has 0 rings (SSSR count). The van der Waals surface area contributed by atoms with Gasteiger partial charge in [-0.3, -0.25) is 5.43 Å². The van der Waals surface area contributed by atoms with Gasteiger partial charge in [0, 0.05) is 13.7 Å². The third-order valence-corrected chi connectivity index (χ3v) is 1.42. The van der Waals surface area contributed by atoms with Gasteiger partial charge in [-0.05, 0) is 6.92 Å². The van der Waals surface area contributed by atoms with E-state index in [2.05, 4.69) is 15.7 Å². The van der Waals surface area contributed by atoms with Crippen LogP contribution in [0.2, 0.25) is 0 Å². The highest BCUT2D eigenvalue weighted by Gasteiger charge is 1.91. The number of hydrogen-bond donors (Lipinski definition) is 3. The van der Waals surface area contributed by atoms with Gasteiger partial charge >= 0.3 is 0 Å². The fourth-order valence-electron chi connectivity index (χ4n) is 0.786. The van der Waals surface area contributed by atoms with Gasteiger partial charge in [-0.15, -0.1) is 0 Å². The minimum atomic E-state index is 0.569. The highest BCUT2D eigenvalue weighted by atomic mass is 16.5. The number of hydrogen-bond acceptors (Lipinski definition) is 4. The van der Waals surface area contributed by atoms with E-state index in [0.29, 0.717) is 32.3 Å². The van der Waals surface area contributed by atoms with Crippen LogP contribution in [0.25, 0.3) is 0 Å². The first-order valence-corrected chi connectivity index (χ1v) is 4.66. The van der Waals surface area contributed by atoms with E-state index < -0.39 is 0 Å². The second kappa shape index (κ2) is 10.2. The largest absolute Gasteiger partial charge is 0.382 e. The van der Waals surface area contributed by atoms with Crippen molar-refractivity contribution in [1.29, 1.82) is 0 Å². The molecule has 0 bridgehead atoms. The van der Waals surface area contributed by atoms with Crippen molar-refractivity contribution in [1.82, 2.24) is 10.7 Å². The molecule has 84 valence electrons. The third-order valence-electron chi connectivity index (χ3n) is 1.42. The Morgan fingerprint density at radius 1 is 1.36 bits per heavy atom. The number of methoxy groups -OCH3 is 1. The number of guanidine groups is 1. The highest BCUT2D eigenvalue weighted by Crippen LogP contribution is 1.78. The molecule has 0 saturated carbocycles. The van der Waals surface area contributed by atoms with Crippen molar-refractivity contribution in [3.05, 3.63) is 0 Å². The maximum Gasteiger partial charge on any atom is 0.205 e. The quantitative estimate of drug-likeness (QED) is 0.164. The minimum absolute atomic E-state index is 0.569. The number of hydrazine groups is 1. The lowest BCUT2D eigenvalue weighted by molar-refractivity contribution is 0.0748. The molecular weight excluding hydrogens is 184 g/mol. The fraction of sp³-hybridized carbons (Fsp3) is 0.875. The third kappa shape index (κ3) is 7.78. The van der Waals surface area contributed by atoms with Gasteiger partial charge in [-0.1, -0.05) is 0 Å². The van der Waals surface area contributed by atoms with E-state index in [-0.39, 0.29) is 0 Å². The minimum Gasteiger partial charge on any atom is -0.382 e. The van der Waals surface area contributed by atoms with Gasteiger partial charge in [0.2, 0.25) is 5.96 Å². The molecule has 0 spiro atoms. The second-order valence-corrected chi connectivity index (χ2v) is 2.51. The molecule has 0 aliphatic carbocycles. The first-order valence-electron chi connectivity index (χ1n) is 4.66. The molecule has 0 fully saturated rings. The molecule has 0 unspecified atom stereocenters.